The third-order valence-electron chi connectivity index (χ3n) is 4.78. The number of nitrogens with zero attached hydrogens (tertiary/aromatic N) is 1. The van der Waals surface area contributed by atoms with Crippen LogP contribution in [0.3, 0.4) is 0 Å². The Hall–Kier alpha value is -1.98. The van der Waals surface area contributed by atoms with E-state index < -0.39 is 35.1 Å². The van der Waals surface area contributed by atoms with Gasteiger partial charge in [0.1, 0.15) is 23.2 Å². The Bertz CT molecular complexity index is 648. The van der Waals surface area contributed by atoms with E-state index in [4.69, 9.17) is 4.74 Å². The monoisotopic (exact) mass is 367 g/mol. The second-order valence-corrected chi connectivity index (χ2v) is 6.79. The van der Waals surface area contributed by atoms with E-state index in [0.717, 1.165) is 38.2 Å². The van der Waals surface area contributed by atoms with Gasteiger partial charge < -0.3 is 9.64 Å². The van der Waals surface area contributed by atoms with Crippen molar-refractivity contribution in [2.24, 2.45) is 0 Å². The zero-order valence-electron chi connectivity index (χ0n) is 15.5. The zero-order valence-corrected chi connectivity index (χ0v) is 15.5. The van der Waals surface area contributed by atoms with Crippen molar-refractivity contribution in [3.8, 4) is 0 Å². The van der Waals surface area contributed by atoms with Crippen molar-refractivity contribution in [3.63, 3.8) is 0 Å². The molecule has 2 rings (SSSR count). The van der Waals surface area contributed by atoms with Crippen molar-refractivity contribution >= 4 is 11.9 Å². The molecule has 1 saturated heterocycles. The molecular weight excluding hydrogens is 340 g/mol. The fourth-order valence-electron chi connectivity index (χ4n) is 3.23. The van der Waals surface area contributed by atoms with Gasteiger partial charge >= 0.3 is 5.97 Å². The van der Waals surface area contributed by atoms with Crippen LogP contribution in [-0.2, 0) is 9.53 Å². The molecule has 0 bridgehead atoms. The first kappa shape index (κ1) is 20.3. The summed E-state index contributed by atoms with van der Waals surface area (Å²) in [6.07, 6.45) is 6.25. The Kier molecular flexibility index (Phi) is 7.54. The van der Waals surface area contributed by atoms with E-state index in [2.05, 4.69) is 6.92 Å². The fraction of sp³-hybridized carbons (Fsp3) is 0.600. The smallest absolute Gasteiger partial charge is 0.328 e. The zero-order chi connectivity index (χ0) is 19.1. The van der Waals surface area contributed by atoms with Crippen LogP contribution < -0.4 is 0 Å². The van der Waals surface area contributed by atoms with Crippen LogP contribution in [0.5, 0.6) is 0 Å². The molecule has 1 atom stereocenters. The molecule has 1 fully saturated rings. The SMILES string of the molecule is CCCCCCCOC(=O)C1CCCN1C(=O)c1c(F)ccc(C)c1F. The minimum atomic E-state index is -0.909. The minimum Gasteiger partial charge on any atom is -0.464 e. The van der Waals surface area contributed by atoms with Crippen LogP contribution in [0, 0.1) is 18.6 Å². The third-order valence-corrected chi connectivity index (χ3v) is 4.78. The average molecular weight is 367 g/mol. The highest BCUT2D eigenvalue weighted by Gasteiger charge is 2.37. The van der Waals surface area contributed by atoms with Crippen LogP contribution in [-0.4, -0.2) is 36.0 Å². The molecule has 4 nitrogen and oxygen atoms in total. The van der Waals surface area contributed by atoms with E-state index in [-0.39, 0.29) is 5.56 Å². The molecule has 1 unspecified atom stereocenters. The number of halogens is 2. The van der Waals surface area contributed by atoms with Crippen molar-refractivity contribution in [3.05, 3.63) is 34.9 Å². The normalized spacial score (nSPS) is 16.8. The van der Waals surface area contributed by atoms with Crippen LogP contribution in [0.4, 0.5) is 8.78 Å². The highest BCUT2D eigenvalue weighted by Crippen LogP contribution is 2.25. The van der Waals surface area contributed by atoms with Gasteiger partial charge in [-0.25, -0.2) is 13.6 Å². The van der Waals surface area contributed by atoms with Gasteiger partial charge in [0.05, 0.1) is 6.61 Å². The van der Waals surface area contributed by atoms with Gasteiger partial charge in [-0.05, 0) is 37.8 Å². The van der Waals surface area contributed by atoms with Crippen molar-refractivity contribution in [2.75, 3.05) is 13.2 Å². The van der Waals surface area contributed by atoms with E-state index >= 15 is 0 Å². The second kappa shape index (κ2) is 9.64. The molecule has 26 heavy (non-hydrogen) atoms. The van der Waals surface area contributed by atoms with Crippen LogP contribution in [0.25, 0.3) is 0 Å². The predicted molar refractivity (Wildman–Crippen MR) is 94.9 cm³/mol. The van der Waals surface area contributed by atoms with E-state index in [9.17, 15) is 18.4 Å². The maximum atomic E-state index is 14.2. The minimum absolute atomic E-state index is 0.195. The van der Waals surface area contributed by atoms with Crippen LogP contribution in [0.1, 0.15) is 67.8 Å². The number of unbranched alkanes of at least 4 members (excludes halogenated alkanes) is 4. The lowest BCUT2D eigenvalue weighted by Gasteiger charge is -2.24. The van der Waals surface area contributed by atoms with E-state index in [0.29, 0.717) is 26.0 Å². The van der Waals surface area contributed by atoms with Crippen molar-refractivity contribution < 1.29 is 23.1 Å². The summed E-state index contributed by atoms with van der Waals surface area (Å²) >= 11 is 0. The summed E-state index contributed by atoms with van der Waals surface area (Å²) in [5.74, 6) is -3.05. The number of amides is 1. The van der Waals surface area contributed by atoms with Crippen molar-refractivity contribution in [1.82, 2.24) is 4.90 Å². The summed E-state index contributed by atoms with van der Waals surface area (Å²) < 4.78 is 33.5. The topological polar surface area (TPSA) is 46.6 Å². The van der Waals surface area contributed by atoms with Crippen LogP contribution in [0.15, 0.2) is 12.1 Å². The molecule has 1 aliphatic heterocycles. The summed E-state index contributed by atoms with van der Waals surface area (Å²) in [5.41, 5.74) is -0.399. The molecule has 0 saturated carbocycles. The standard InChI is InChI=1S/C20H27F2NO3/c1-3-4-5-6-7-13-26-20(25)16-9-8-12-23(16)19(24)17-15(21)11-10-14(2)18(17)22/h10-11,16H,3-9,12-13H2,1-2H3. The first-order valence-corrected chi connectivity index (χ1v) is 9.39. The molecule has 0 spiro atoms. The number of rotatable bonds is 8. The number of carbonyl (C=O) groups is 2. The highest BCUT2D eigenvalue weighted by atomic mass is 19.1. The van der Waals surface area contributed by atoms with E-state index in [1.165, 1.54) is 17.9 Å². The van der Waals surface area contributed by atoms with E-state index in [1.807, 2.05) is 0 Å². The van der Waals surface area contributed by atoms with Gasteiger partial charge in [-0.3, -0.25) is 4.79 Å². The molecule has 1 aliphatic rings. The molecule has 0 radical (unpaired) electrons. The lowest BCUT2D eigenvalue weighted by atomic mass is 10.1. The molecule has 1 aromatic carbocycles. The number of benzene rings is 1. The lowest BCUT2D eigenvalue weighted by molar-refractivity contribution is -0.148. The van der Waals surface area contributed by atoms with Crippen molar-refractivity contribution in [1.29, 1.82) is 0 Å². The fourth-order valence-corrected chi connectivity index (χ4v) is 3.23. The Labute approximate surface area is 153 Å². The first-order valence-electron chi connectivity index (χ1n) is 9.39. The van der Waals surface area contributed by atoms with Gasteiger partial charge in [0, 0.05) is 6.54 Å². The van der Waals surface area contributed by atoms with Gasteiger partial charge in [0.25, 0.3) is 5.91 Å². The number of esters is 1. The Morgan fingerprint density at radius 2 is 1.92 bits per heavy atom. The number of carbonyl (C=O) groups excluding carboxylic acids is 2. The first-order chi connectivity index (χ1) is 12.5. The molecule has 1 amide bonds. The van der Waals surface area contributed by atoms with Gasteiger partial charge in [0.15, 0.2) is 0 Å². The number of likely N-dealkylation sites (tertiary alicyclic amines) is 1. The second-order valence-electron chi connectivity index (χ2n) is 6.79. The predicted octanol–water partition coefficient (Wildman–Crippen LogP) is 4.39. The van der Waals surface area contributed by atoms with Crippen molar-refractivity contribution in [2.45, 2.75) is 64.8 Å². The molecule has 144 valence electrons. The van der Waals surface area contributed by atoms with Gasteiger partial charge in [0.2, 0.25) is 0 Å². The third kappa shape index (κ3) is 4.80. The molecule has 0 N–H and O–H groups in total. The maximum absolute atomic E-state index is 14.2. The molecule has 1 aromatic rings. The van der Waals surface area contributed by atoms with Gasteiger partial charge in [-0.2, -0.15) is 0 Å². The average Bonchev–Trinajstić information content (AvgIpc) is 3.11. The molecule has 6 heteroatoms. The summed E-state index contributed by atoms with van der Waals surface area (Å²) in [4.78, 5) is 26.2. The quantitative estimate of drug-likeness (QED) is 0.506. The largest absolute Gasteiger partial charge is 0.464 e. The van der Waals surface area contributed by atoms with Gasteiger partial charge in [-0.1, -0.05) is 38.7 Å². The molecule has 0 aromatic heterocycles. The van der Waals surface area contributed by atoms with Gasteiger partial charge in [-0.15, -0.1) is 0 Å². The summed E-state index contributed by atoms with van der Waals surface area (Å²) in [7, 11) is 0. The van der Waals surface area contributed by atoms with Crippen LogP contribution >= 0.6 is 0 Å². The highest BCUT2D eigenvalue weighted by molar-refractivity contribution is 5.97. The Balaban J connectivity index is 1.98. The summed E-state index contributed by atoms with van der Waals surface area (Å²) in [6, 6.07) is 1.60. The number of hydrogen-bond acceptors (Lipinski definition) is 3. The molecular formula is C20H27F2NO3. The maximum Gasteiger partial charge on any atom is 0.328 e. The number of hydrogen-bond donors (Lipinski definition) is 0. The van der Waals surface area contributed by atoms with Crippen LogP contribution in [0.2, 0.25) is 0 Å². The van der Waals surface area contributed by atoms with E-state index in [1.54, 1.807) is 0 Å². The molecule has 1 heterocycles. The Morgan fingerprint density at radius 3 is 2.65 bits per heavy atom. The summed E-state index contributed by atoms with van der Waals surface area (Å²) in [5, 5.41) is 0. The number of aryl methyl sites for hydroxylation is 1. The molecule has 0 aliphatic carbocycles. The Morgan fingerprint density at radius 1 is 1.19 bits per heavy atom. The lowest BCUT2D eigenvalue weighted by Crippen LogP contribution is -2.42. The number of ether oxygens (including phenoxy) is 1. The summed E-state index contributed by atoms with van der Waals surface area (Å²) in [6.45, 7) is 4.21.